The van der Waals surface area contributed by atoms with E-state index in [1.165, 1.54) is 30.4 Å². The van der Waals surface area contributed by atoms with Crippen LogP contribution in [0.3, 0.4) is 0 Å². The normalized spacial score (nSPS) is 11.4. The third-order valence-electron chi connectivity index (χ3n) is 3.49. The van der Waals surface area contributed by atoms with Gasteiger partial charge in [0.1, 0.15) is 5.75 Å². The number of halogens is 1. The number of aryl methyl sites for hydroxylation is 2. The van der Waals surface area contributed by atoms with Gasteiger partial charge in [-0.15, -0.1) is 0 Å². The first kappa shape index (κ1) is 17.8. The van der Waals surface area contributed by atoms with Crippen LogP contribution in [0.5, 0.6) is 5.75 Å². The fourth-order valence-corrected chi connectivity index (χ4v) is 3.57. The summed E-state index contributed by atoms with van der Waals surface area (Å²) in [6.45, 7) is 2.41. The molecule has 1 N–H and O–H groups in total. The smallest absolute Gasteiger partial charge is 0.240 e. The second kappa shape index (κ2) is 7.81. The predicted octanol–water partition coefficient (Wildman–Crippen LogP) is 3.57. The average molecular weight is 354 g/mol. The Hall–Kier alpha value is -1.56. The van der Waals surface area contributed by atoms with Gasteiger partial charge in [-0.2, -0.15) is 0 Å². The predicted molar refractivity (Wildman–Crippen MR) is 92.7 cm³/mol. The lowest BCUT2D eigenvalue weighted by atomic mass is 10.1. The van der Waals surface area contributed by atoms with E-state index in [1.807, 2.05) is 6.92 Å². The molecule has 6 heteroatoms. The van der Waals surface area contributed by atoms with Crippen LogP contribution in [-0.2, 0) is 16.4 Å². The Balaban J connectivity index is 1.91. The Morgan fingerprint density at radius 1 is 1.13 bits per heavy atom. The summed E-state index contributed by atoms with van der Waals surface area (Å²) in [5, 5.41) is 0.273. The van der Waals surface area contributed by atoms with Crippen molar-refractivity contribution in [1.82, 2.24) is 4.72 Å². The van der Waals surface area contributed by atoms with Gasteiger partial charge in [-0.1, -0.05) is 41.4 Å². The summed E-state index contributed by atoms with van der Waals surface area (Å²) < 4.78 is 32.1. The van der Waals surface area contributed by atoms with Crippen molar-refractivity contribution in [2.24, 2.45) is 0 Å². The Morgan fingerprint density at radius 2 is 1.83 bits per heavy atom. The first-order chi connectivity index (χ1) is 10.9. The lowest BCUT2D eigenvalue weighted by Crippen LogP contribution is -2.25. The molecule has 0 saturated carbocycles. The molecule has 0 amide bonds. The van der Waals surface area contributed by atoms with Crippen LogP contribution in [0.15, 0.2) is 47.4 Å². The van der Waals surface area contributed by atoms with Gasteiger partial charge in [0.15, 0.2) is 0 Å². The summed E-state index contributed by atoms with van der Waals surface area (Å²) in [6, 6.07) is 12.6. The Bertz CT molecular complexity index is 758. The molecule has 0 spiro atoms. The summed E-state index contributed by atoms with van der Waals surface area (Å²) in [6.07, 6.45) is 1.55. The number of ether oxygens (including phenoxy) is 1. The average Bonchev–Trinajstić information content (AvgIpc) is 2.53. The van der Waals surface area contributed by atoms with Crippen LogP contribution < -0.4 is 9.46 Å². The largest absolute Gasteiger partial charge is 0.495 e. The Labute approximate surface area is 142 Å². The summed E-state index contributed by atoms with van der Waals surface area (Å²) in [4.78, 5) is 0.138. The molecule has 0 aromatic heterocycles. The molecule has 0 atom stereocenters. The molecule has 2 aromatic rings. The highest BCUT2D eigenvalue weighted by Crippen LogP contribution is 2.26. The standard InChI is InChI=1S/C17H20ClNO3S/c1-13-5-7-14(8-6-13)4-3-11-19-23(20,21)15-9-10-17(22-2)16(18)12-15/h5-10,12,19H,3-4,11H2,1-2H3. The second-order valence-corrected chi connectivity index (χ2v) is 7.46. The first-order valence-corrected chi connectivity index (χ1v) is 9.17. The van der Waals surface area contributed by atoms with Crippen molar-refractivity contribution in [2.75, 3.05) is 13.7 Å². The molecular formula is C17H20ClNO3S. The van der Waals surface area contributed by atoms with Crippen LogP contribution in [0.4, 0.5) is 0 Å². The highest BCUT2D eigenvalue weighted by molar-refractivity contribution is 7.89. The summed E-state index contributed by atoms with van der Waals surface area (Å²) in [5.41, 5.74) is 2.41. The molecule has 0 aliphatic rings. The minimum absolute atomic E-state index is 0.138. The number of hydrogen-bond donors (Lipinski definition) is 1. The van der Waals surface area contributed by atoms with Crippen LogP contribution in [0.25, 0.3) is 0 Å². The number of benzene rings is 2. The maximum absolute atomic E-state index is 12.2. The van der Waals surface area contributed by atoms with E-state index in [0.717, 1.165) is 12.8 Å². The third-order valence-corrected chi connectivity index (χ3v) is 5.24. The molecule has 0 radical (unpaired) electrons. The van der Waals surface area contributed by atoms with Crippen LogP contribution >= 0.6 is 11.6 Å². The quantitative estimate of drug-likeness (QED) is 0.774. The van der Waals surface area contributed by atoms with Crippen molar-refractivity contribution in [1.29, 1.82) is 0 Å². The van der Waals surface area contributed by atoms with Crippen LogP contribution in [-0.4, -0.2) is 22.1 Å². The highest BCUT2D eigenvalue weighted by Gasteiger charge is 2.15. The topological polar surface area (TPSA) is 55.4 Å². The number of rotatable bonds is 7. The van der Waals surface area contributed by atoms with Gasteiger partial charge in [-0.25, -0.2) is 13.1 Å². The molecular weight excluding hydrogens is 334 g/mol. The Kier molecular flexibility index (Phi) is 6.04. The van der Waals surface area contributed by atoms with E-state index in [0.29, 0.717) is 12.3 Å². The number of hydrogen-bond acceptors (Lipinski definition) is 3. The van der Waals surface area contributed by atoms with Gasteiger partial charge in [0.25, 0.3) is 0 Å². The van der Waals surface area contributed by atoms with Crippen LogP contribution in [0, 0.1) is 6.92 Å². The van der Waals surface area contributed by atoms with Gasteiger partial charge in [0.2, 0.25) is 10.0 Å². The summed E-state index contributed by atoms with van der Waals surface area (Å²) in [5.74, 6) is 0.449. The van der Waals surface area contributed by atoms with Gasteiger partial charge in [0.05, 0.1) is 17.0 Å². The van der Waals surface area contributed by atoms with E-state index in [4.69, 9.17) is 16.3 Å². The van der Waals surface area contributed by atoms with Gasteiger partial charge in [0, 0.05) is 6.54 Å². The van der Waals surface area contributed by atoms with E-state index < -0.39 is 10.0 Å². The van der Waals surface area contributed by atoms with E-state index in [-0.39, 0.29) is 9.92 Å². The number of nitrogens with one attached hydrogen (secondary N) is 1. The molecule has 0 saturated heterocycles. The molecule has 23 heavy (non-hydrogen) atoms. The molecule has 4 nitrogen and oxygen atoms in total. The molecule has 0 fully saturated rings. The molecule has 0 heterocycles. The van der Waals surface area contributed by atoms with Crippen molar-refractivity contribution >= 4 is 21.6 Å². The molecule has 0 aliphatic carbocycles. The van der Waals surface area contributed by atoms with E-state index in [1.54, 1.807) is 6.07 Å². The maximum Gasteiger partial charge on any atom is 0.240 e. The molecule has 2 aromatic carbocycles. The highest BCUT2D eigenvalue weighted by atomic mass is 35.5. The van der Waals surface area contributed by atoms with Crippen molar-refractivity contribution in [3.05, 3.63) is 58.6 Å². The van der Waals surface area contributed by atoms with Crippen molar-refractivity contribution < 1.29 is 13.2 Å². The van der Waals surface area contributed by atoms with Gasteiger partial charge in [-0.05, 0) is 43.5 Å². The third kappa shape index (κ3) is 4.96. The summed E-state index contributed by atoms with van der Waals surface area (Å²) in [7, 11) is -2.07. The zero-order chi connectivity index (χ0) is 16.9. The molecule has 0 unspecified atom stereocenters. The maximum atomic E-state index is 12.2. The molecule has 2 rings (SSSR count). The lowest BCUT2D eigenvalue weighted by molar-refractivity contribution is 0.414. The fourth-order valence-electron chi connectivity index (χ4n) is 2.15. The number of sulfonamides is 1. The van der Waals surface area contributed by atoms with E-state index >= 15 is 0 Å². The monoisotopic (exact) mass is 353 g/mol. The van der Waals surface area contributed by atoms with Crippen LogP contribution in [0.2, 0.25) is 5.02 Å². The van der Waals surface area contributed by atoms with Gasteiger partial charge < -0.3 is 4.74 Å². The fraction of sp³-hybridized carbons (Fsp3) is 0.294. The zero-order valence-corrected chi connectivity index (χ0v) is 14.7. The van der Waals surface area contributed by atoms with Gasteiger partial charge in [-0.3, -0.25) is 0 Å². The minimum Gasteiger partial charge on any atom is -0.495 e. The molecule has 124 valence electrons. The van der Waals surface area contributed by atoms with Crippen molar-refractivity contribution in [3.63, 3.8) is 0 Å². The second-order valence-electron chi connectivity index (χ2n) is 5.28. The van der Waals surface area contributed by atoms with Gasteiger partial charge >= 0.3 is 0 Å². The zero-order valence-electron chi connectivity index (χ0n) is 13.2. The Morgan fingerprint density at radius 3 is 2.43 bits per heavy atom. The van der Waals surface area contributed by atoms with Crippen LogP contribution in [0.1, 0.15) is 17.5 Å². The molecule has 0 aliphatic heterocycles. The van der Waals surface area contributed by atoms with E-state index in [2.05, 4.69) is 29.0 Å². The van der Waals surface area contributed by atoms with Crippen molar-refractivity contribution in [3.8, 4) is 5.75 Å². The summed E-state index contributed by atoms with van der Waals surface area (Å²) >= 11 is 5.97. The van der Waals surface area contributed by atoms with E-state index in [9.17, 15) is 8.42 Å². The lowest BCUT2D eigenvalue weighted by Gasteiger charge is -2.09. The SMILES string of the molecule is COc1ccc(S(=O)(=O)NCCCc2ccc(C)cc2)cc1Cl. The number of methoxy groups -OCH3 is 1. The molecule has 0 bridgehead atoms. The minimum atomic E-state index is -3.56. The first-order valence-electron chi connectivity index (χ1n) is 7.31. The van der Waals surface area contributed by atoms with Crippen molar-refractivity contribution in [2.45, 2.75) is 24.7 Å².